The van der Waals surface area contributed by atoms with Crippen LogP contribution in [0.25, 0.3) is 0 Å². The molecule has 32 heavy (non-hydrogen) atoms. The fourth-order valence-corrected chi connectivity index (χ4v) is 5.45. The first-order valence-electron chi connectivity index (χ1n) is 10.2. The first kappa shape index (κ1) is 28.2. The Kier molecular flexibility index (Phi) is 12.1. The summed E-state index contributed by atoms with van der Waals surface area (Å²) in [4.78, 5) is 23.5. The van der Waals surface area contributed by atoms with E-state index in [2.05, 4.69) is 0 Å². The maximum absolute atomic E-state index is 12.5. The van der Waals surface area contributed by atoms with Gasteiger partial charge in [0.25, 0.3) is 5.69 Å². The van der Waals surface area contributed by atoms with E-state index in [1.165, 1.54) is 26.4 Å². The van der Waals surface area contributed by atoms with Crippen molar-refractivity contribution in [1.29, 1.82) is 0 Å². The predicted octanol–water partition coefficient (Wildman–Crippen LogP) is 5.84. The normalized spacial score (nSPS) is 12.5. The van der Waals surface area contributed by atoms with Crippen LogP contribution in [-0.2, 0) is 18.3 Å². The van der Waals surface area contributed by atoms with Crippen LogP contribution in [0.2, 0.25) is 0 Å². The van der Waals surface area contributed by atoms with Crippen LogP contribution in [-0.4, -0.2) is 49.6 Å². The second-order valence-corrected chi connectivity index (χ2v) is 10.1. The molecule has 12 heteroatoms. The van der Waals surface area contributed by atoms with Gasteiger partial charge in [-0.2, -0.15) is 0 Å². The largest absolute Gasteiger partial charge is 0.493 e. The molecule has 1 atom stereocenters. The van der Waals surface area contributed by atoms with E-state index in [9.17, 15) is 19.5 Å². The van der Waals surface area contributed by atoms with Crippen molar-refractivity contribution in [1.82, 2.24) is 0 Å². The van der Waals surface area contributed by atoms with Crippen molar-refractivity contribution < 1.29 is 37.5 Å². The molecule has 0 N–H and O–H groups in total. The van der Waals surface area contributed by atoms with Crippen molar-refractivity contribution in [2.45, 2.75) is 40.2 Å². The second-order valence-electron chi connectivity index (χ2n) is 6.93. The molecule has 0 saturated carbocycles. The van der Waals surface area contributed by atoms with E-state index >= 15 is 0 Å². The topological polar surface area (TPSA) is 123 Å². The Morgan fingerprint density at radius 1 is 1.12 bits per heavy atom. The number of ether oxygens (including phenoxy) is 3. The number of thioether (sulfide) groups is 1. The molecule has 0 bridgehead atoms. The Morgan fingerprint density at radius 3 is 2.16 bits per heavy atom. The molecule has 1 aromatic carbocycles. The molecule has 0 aliphatic carbocycles. The fourth-order valence-electron chi connectivity index (χ4n) is 2.94. The minimum atomic E-state index is -3.17. The number of nitrogens with zero attached hydrogens (tertiary/aromatic N) is 1. The lowest BCUT2D eigenvalue weighted by Crippen LogP contribution is -2.16. The Labute approximate surface area is 193 Å². The molecule has 1 rings (SSSR count). The zero-order chi connectivity index (χ0) is 24.3. The zero-order valence-corrected chi connectivity index (χ0v) is 21.0. The predicted molar refractivity (Wildman–Crippen MR) is 123 cm³/mol. The Morgan fingerprint density at radius 2 is 1.69 bits per heavy atom. The van der Waals surface area contributed by atoms with Crippen molar-refractivity contribution in [2.24, 2.45) is 5.92 Å². The zero-order valence-electron chi connectivity index (χ0n) is 19.3. The van der Waals surface area contributed by atoms with Gasteiger partial charge in [0.05, 0.1) is 50.1 Å². The molecule has 0 saturated heterocycles. The summed E-state index contributed by atoms with van der Waals surface area (Å²) in [5.41, 5.74) is -0.0118. The molecule has 10 nitrogen and oxygen atoms in total. The Hall–Kier alpha value is -1.81. The van der Waals surface area contributed by atoms with Gasteiger partial charge in [-0.05, 0) is 44.0 Å². The summed E-state index contributed by atoms with van der Waals surface area (Å²) < 4.78 is 38.9. The van der Waals surface area contributed by atoms with Gasteiger partial charge < -0.3 is 23.3 Å². The first-order valence-corrected chi connectivity index (χ1v) is 13.0. The molecular formula is C20H32NO9PS. The number of carbonyl (C=O) groups excluding carboxylic acids is 1. The average molecular weight is 494 g/mol. The van der Waals surface area contributed by atoms with Crippen molar-refractivity contribution in [2.75, 3.05) is 39.3 Å². The smallest absolute Gasteiger partial charge is 0.367 e. The van der Waals surface area contributed by atoms with Crippen molar-refractivity contribution in [3.63, 3.8) is 0 Å². The molecule has 1 unspecified atom stereocenters. The number of benzene rings is 1. The first-order chi connectivity index (χ1) is 15.1. The highest BCUT2D eigenvalue weighted by atomic mass is 32.2. The number of carbonyl (C=O) groups is 1. The van der Waals surface area contributed by atoms with Gasteiger partial charge in [0.2, 0.25) is 0 Å². The summed E-state index contributed by atoms with van der Waals surface area (Å²) >= 11 is 0.906. The van der Waals surface area contributed by atoms with Crippen LogP contribution < -0.4 is 9.47 Å². The highest BCUT2D eigenvalue weighted by molar-refractivity contribution is 8.13. The number of rotatable bonds is 14. The van der Waals surface area contributed by atoms with E-state index in [0.29, 0.717) is 17.9 Å². The molecule has 182 valence electrons. The van der Waals surface area contributed by atoms with Gasteiger partial charge in [-0.3, -0.25) is 14.7 Å². The van der Waals surface area contributed by atoms with Crippen LogP contribution in [0.4, 0.5) is 10.5 Å². The summed E-state index contributed by atoms with van der Waals surface area (Å²) in [6.07, 6.45) is -0.267. The van der Waals surface area contributed by atoms with Crippen LogP contribution in [0.15, 0.2) is 12.1 Å². The summed E-state index contributed by atoms with van der Waals surface area (Å²) in [6, 6.07) is 2.71. The molecule has 0 aliphatic heterocycles. The van der Waals surface area contributed by atoms with Crippen LogP contribution in [0.5, 0.6) is 11.5 Å². The lowest BCUT2D eigenvalue weighted by molar-refractivity contribution is -0.386. The van der Waals surface area contributed by atoms with Crippen LogP contribution in [0, 0.1) is 16.0 Å². The number of hydrogen-bond donors (Lipinski definition) is 0. The molecule has 0 amide bonds. The van der Waals surface area contributed by atoms with Gasteiger partial charge in [-0.25, -0.2) is 4.79 Å². The van der Waals surface area contributed by atoms with Gasteiger partial charge in [-0.1, -0.05) is 13.8 Å². The van der Waals surface area contributed by atoms with E-state index in [1.807, 2.05) is 0 Å². The van der Waals surface area contributed by atoms with E-state index in [1.54, 1.807) is 27.7 Å². The summed E-state index contributed by atoms with van der Waals surface area (Å²) in [6.45, 7) is 7.60. The second kappa shape index (κ2) is 13.7. The molecule has 0 heterocycles. The maximum atomic E-state index is 12.5. The standard InChI is InChI=1S/C20H32NO9PS/c1-7-28-31(25,29-8-2)10-9-11-32-20(22)30-19(14(3)4)15-12-17(26-5)18(27-6)13-16(15)21(23)24/h12-14,19H,7-11H2,1-6H3. The third kappa shape index (κ3) is 8.27. The highest BCUT2D eigenvalue weighted by Crippen LogP contribution is 2.48. The molecule has 0 aliphatic rings. The monoisotopic (exact) mass is 493 g/mol. The van der Waals surface area contributed by atoms with E-state index in [4.69, 9.17) is 23.3 Å². The average Bonchev–Trinajstić information content (AvgIpc) is 2.74. The summed E-state index contributed by atoms with van der Waals surface area (Å²) in [5, 5.41) is 11.0. The minimum absolute atomic E-state index is 0.184. The van der Waals surface area contributed by atoms with Gasteiger partial charge in [0, 0.05) is 5.75 Å². The Bertz CT molecular complexity index is 809. The summed E-state index contributed by atoms with van der Waals surface area (Å²) in [7, 11) is -0.369. The van der Waals surface area contributed by atoms with Gasteiger partial charge in [0.15, 0.2) is 11.5 Å². The minimum Gasteiger partial charge on any atom is -0.493 e. The summed E-state index contributed by atoms with van der Waals surface area (Å²) in [5.74, 6) is 0.596. The van der Waals surface area contributed by atoms with E-state index in [0.717, 1.165) is 11.8 Å². The molecule has 0 radical (unpaired) electrons. The van der Waals surface area contributed by atoms with Crippen LogP contribution >= 0.6 is 19.4 Å². The van der Waals surface area contributed by atoms with Crippen molar-refractivity contribution >= 4 is 30.3 Å². The van der Waals surface area contributed by atoms with Gasteiger partial charge in [-0.15, -0.1) is 0 Å². The molecule has 0 aromatic heterocycles. The third-order valence-corrected chi connectivity index (χ3v) is 7.30. The fraction of sp³-hybridized carbons (Fsp3) is 0.650. The van der Waals surface area contributed by atoms with E-state index < -0.39 is 23.9 Å². The number of nitro benzene ring substituents is 1. The maximum Gasteiger partial charge on any atom is 0.367 e. The number of methoxy groups -OCH3 is 2. The highest BCUT2D eigenvalue weighted by Gasteiger charge is 2.31. The van der Waals surface area contributed by atoms with Crippen molar-refractivity contribution in [3.05, 3.63) is 27.8 Å². The number of nitro groups is 1. The van der Waals surface area contributed by atoms with Gasteiger partial charge >= 0.3 is 12.9 Å². The van der Waals surface area contributed by atoms with E-state index in [-0.39, 0.29) is 42.3 Å². The quantitative estimate of drug-likeness (QED) is 0.103. The lowest BCUT2D eigenvalue weighted by Gasteiger charge is -2.22. The molecule has 0 fully saturated rings. The molecular weight excluding hydrogens is 461 g/mol. The number of hydrogen-bond acceptors (Lipinski definition) is 10. The lowest BCUT2D eigenvalue weighted by atomic mass is 9.97. The molecule has 1 aromatic rings. The van der Waals surface area contributed by atoms with Crippen LogP contribution in [0.3, 0.4) is 0 Å². The van der Waals surface area contributed by atoms with Crippen molar-refractivity contribution in [3.8, 4) is 11.5 Å². The Balaban J connectivity index is 2.91. The van der Waals surface area contributed by atoms with Gasteiger partial charge in [0.1, 0.15) is 6.10 Å². The van der Waals surface area contributed by atoms with Crippen LogP contribution in [0.1, 0.15) is 45.8 Å². The third-order valence-electron chi connectivity index (χ3n) is 4.31. The molecule has 0 spiro atoms. The SMILES string of the molecule is CCOP(=O)(CCCSC(=O)OC(c1cc(OC)c(OC)cc1[N+](=O)[O-])C(C)C)OCC.